The Hall–Kier alpha value is -3.02. The second kappa shape index (κ2) is 8.38. The molecule has 4 heterocycles. The highest BCUT2D eigenvalue weighted by molar-refractivity contribution is 7.89. The molecular weight excluding hydrogens is 408 g/mol. The lowest BCUT2D eigenvalue weighted by Gasteiger charge is -2.25. The van der Waals surface area contributed by atoms with Crippen LogP contribution in [-0.2, 0) is 21.3 Å². The Kier molecular flexibility index (Phi) is 5.66. The van der Waals surface area contributed by atoms with Crippen molar-refractivity contribution in [2.75, 3.05) is 26.3 Å². The van der Waals surface area contributed by atoms with Gasteiger partial charge in [-0.05, 0) is 30.7 Å². The minimum atomic E-state index is -3.65. The van der Waals surface area contributed by atoms with Gasteiger partial charge in [-0.3, -0.25) is 9.36 Å². The predicted octanol–water partition coefficient (Wildman–Crippen LogP) is 0.855. The fourth-order valence-corrected chi connectivity index (χ4v) is 4.59. The van der Waals surface area contributed by atoms with E-state index in [0.717, 1.165) is 11.4 Å². The summed E-state index contributed by atoms with van der Waals surface area (Å²) in [6, 6.07) is 5.02. The Balaban J connectivity index is 1.42. The number of imidazole rings is 1. The van der Waals surface area contributed by atoms with Crippen molar-refractivity contribution in [1.82, 2.24) is 29.1 Å². The van der Waals surface area contributed by atoms with Crippen molar-refractivity contribution in [3.05, 3.63) is 60.1 Å². The number of ether oxygens (including phenoxy) is 1. The third kappa shape index (κ3) is 4.13. The van der Waals surface area contributed by atoms with E-state index in [9.17, 15) is 13.2 Å². The fourth-order valence-electron chi connectivity index (χ4n) is 3.19. The Morgan fingerprint density at radius 1 is 1.23 bits per heavy atom. The van der Waals surface area contributed by atoms with Crippen molar-refractivity contribution in [1.29, 1.82) is 0 Å². The first-order valence-corrected chi connectivity index (χ1v) is 10.9. The van der Waals surface area contributed by atoms with Gasteiger partial charge in [0.05, 0.1) is 13.2 Å². The van der Waals surface area contributed by atoms with Crippen molar-refractivity contribution in [2.24, 2.45) is 0 Å². The molecule has 30 heavy (non-hydrogen) atoms. The maximum absolute atomic E-state index is 12.7. The number of H-pyrrole nitrogens is 1. The number of aromatic amines is 1. The number of nitrogens with zero attached hydrogens (tertiary/aromatic N) is 4. The molecule has 1 saturated heterocycles. The maximum atomic E-state index is 12.7. The SMILES string of the molecule is Cc1nccn1-c1cc(CNC(=O)c2cc(S(=O)(=O)N3CCOCC3)c[nH]2)ccn1. The summed E-state index contributed by atoms with van der Waals surface area (Å²) in [5.74, 6) is 1.12. The zero-order valence-electron chi connectivity index (χ0n) is 16.4. The molecule has 3 aromatic rings. The van der Waals surface area contributed by atoms with Crippen LogP contribution in [0.25, 0.3) is 5.82 Å². The Labute approximate surface area is 174 Å². The van der Waals surface area contributed by atoms with Crippen LogP contribution < -0.4 is 5.32 Å². The van der Waals surface area contributed by atoms with Gasteiger partial charge in [0.1, 0.15) is 22.2 Å². The van der Waals surface area contributed by atoms with Crippen LogP contribution in [0.15, 0.2) is 47.9 Å². The molecular formula is C19H22N6O4S. The molecule has 0 unspecified atom stereocenters. The number of aromatic nitrogens is 4. The predicted molar refractivity (Wildman–Crippen MR) is 108 cm³/mol. The number of aryl methyl sites for hydroxylation is 1. The zero-order valence-corrected chi connectivity index (χ0v) is 17.2. The van der Waals surface area contributed by atoms with Gasteiger partial charge in [-0.25, -0.2) is 18.4 Å². The molecule has 0 saturated carbocycles. The second-order valence-corrected chi connectivity index (χ2v) is 8.75. The molecule has 1 aliphatic rings. The quantitative estimate of drug-likeness (QED) is 0.598. The molecule has 0 aromatic carbocycles. The van der Waals surface area contributed by atoms with E-state index in [0.29, 0.717) is 32.1 Å². The van der Waals surface area contributed by atoms with Crippen molar-refractivity contribution >= 4 is 15.9 Å². The molecule has 4 rings (SSSR count). The minimum absolute atomic E-state index is 0.0660. The first kappa shape index (κ1) is 20.3. The Morgan fingerprint density at radius 3 is 2.77 bits per heavy atom. The van der Waals surface area contributed by atoms with Crippen LogP contribution >= 0.6 is 0 Å². The number of amides is 1. The second-order valence-electron chi connectivity index (χ2n) is 6.81. The highest BCUT2D eigenvalue weighted by Gasteiger charge is 2.27. The van der Waals surface area contributed by atoms with E-state index in [-0.39, 0.29) is 17.1 Å². The summed E-state index contributed by atoms with van der Waals surface area (Å²) in [4.78, 5) is 23.8. The van der Waals surface area contributed by atoms with Crippen LogP contribution in [0.3, 0.4) is 0 Å². The summed E-state index contributed by atoms with van der Waals surface area (Å²) < 4.78 is 33.8. The van der Waals surface area contributed by atoms with E-state index in [1.165, 1.54) is 16.6 Å². The van der Waals surface area contributed by atoms with Gasteiger partial charge < -0.3 is 15.0 Å². The van der Waals surface area contributed by atoms with Gasteiger partial charge in [0.25, 0.3) is 5.91 Å². The largest absolute Gasteiger partial charge is 0.379 e. The topological polar surface area (TPSA) is 122 Å². The first-order valence-electron chi connectivity index (χ1n) is 9.45. The zero-order chi connectivity index (χ0) is 21.1. The lowest BCUT2D eigenvalue weighted by molar-refractivity contribution is 0.0730. The van der Waals surface area contributed by atoms with Gasteiger partial charge in [-0.2, -0.15) is 4.31 Å². The summed E-state index contributed by atoms with van der Waals surface area (Å²) in [5.41, 5.74) is 1.04. The number of sulfonamides is 1. The van der Waals surface area contributed by atoms with Crippen molar-refractivity contribution in [3.63, 3.8) is 0 Å². The molecule has 0 spiro atoms. The average Bonchev–Trinajstić information content (AvgIpc) is 3.43. The number of hydrogen-bond donors (Lipinski definition) is 2. The number of morpholine rings is 1. The lowest BCUT2D eigenvalue weighted by Crippen LogP contribution is -2.40. The monoisotopic (exact) mass is 430 g/mol. The third-order valence-corrected chi connectivity index (χ3v) is 6.72. The van der Waals surface area contributed by atoms with Crippen LogP contribution in [-0.4, -0.2) is 64.5 Å². The van der Waals surface area contributed by atoms with E-state index < -0.39 is 15.9 Å². The number of carbonyl (C=O) groups is 1. The lowest BCUT2D eigenvalue weighted by atomic mass is 10.2. The average molecular weight is 430 g/mol. The van der Waals surface area contributed by atoms with Gasteiger partial charge in [0.2, 0.25) is 10.0 Å². The molecule has 10 nitrogen and oxygen atoms in total. The standard InChI is InChI=1S/C19H22N6O4S/c1-14-20-4-5-25(14)18-10-15(2-3-21-18)12-23-19(26)17-11-16(13-22-17)30(27,28)24-6-8-29-9-7-24/h2-5,10-11,13,22H,6-9,12H2,1H3,(H,23,26). The smallest absolute Gasteiger partial charge is 0.268 e. The summed E-state index contributed by atoms with van der Waals surface area (Å²) in [5, 5.41) is 2.80. The van der Waals surface area contributed by atoms with Gasteiger partial charge in [-0.15, -0.1) is 0 Å². The van der Waals surface area contributed by atoms with E-state index in [1.54, 1.807) is 18.5 Å². The summed E-state index contributed by atoms with van der Waals surface area (Å²) >= 11 is 0. The van der Waals surface area contributed by atoms with Crippen molar-refractivity contribution in [2.45, 2.75) is 18.4 Å². The normalized spacial score (nSPS) is 15.2. The molecule has 1 fully saturated rings. The van der Waals surface area contributed by atoms with Gasteiger partial charge in [-0.1, -0.05) is 0 Å². The summed E-state index contributed by atoms with van der Waals surface area (Å²) in [6.07, 6.45) is 6.51. The van der Waals surface area contributed by atoms with Crippen LogP contribution in [0.1, 0.15) is 21.9 Å². The molecule has 0 bridgehead atoms. The van der Waals surface area contributed by atoms with Crippen LogP contribution in [0.4, 0.5) is 0 Å². The molecule has 0 radical (unpaired) electrons. The molecule has 1 aliphatic heterocycles. The van der Waals surface area contributed by atoms with Crippen molar-refractivity contribution < 1.29 is 17.9 Å². The van der Waals surface area contributed by atoms with Crippen LogP contribution in [0.5, 0.6) is 0 Å². The van der Waals surface area contributed by atoms with Gasteiger partial charge in [0.15, 0.2) is 0 Å². The van der Waals surface area contributed by atoms with Crippen LogP contribution in [0.2, 0.25) is 0 Å². The molecule has 3 aromatic heterocycles. The fraction of sp³-hybridized carbons (Fsp3) is 0.316. The van der Waals surface area contributed by atoms with Gasteiger partial charge in [0, 0.05) is 44.4 Å². The van der Waals surface area contributed by atoms with Crippen LogP contribution in [0, 0.1) is 6.92 Å². The number of rotatable bonds is 6. The molecule has 2 N–H and O–H groups in total. The highest BCUT2D eigenvalue weighted by atomic mass is 32.2. The van der Waals surface area contributed by atoms with Gasteiger partial charge >= 0.3 is 0 Å². The molecule has 0 atom stereocenters. The number of pyridine rings is 1. The molecule has 0 aliphatic carbocycles. The first-order chi connectivity index (χ1) is 14.4. The molecule has 158 valence electrons. The van der Waals surface area contributed by atoms with Crippen molar-refractivity contribution in [3.8, 4) is 5.82 Å². The van der Waals surface area contributed by atoms with E-state index in [2.05, 4.69) is 20.3 Å². The van der Waals surface area contributed by atoms with E-state index >= 15 is 0 Å². The van der Waals surface area contributed by atoms with E-state index in [4.69, 9.17) is 4.74 Å². The highest BCUT2D eigenvalue weighted by Crippen LogP contribution is 2.18. The third-order valence-electron chi connectivity index (χ3n) is 4.84. The molecule has 11 heteroatoms. The maximum Gasteiger partial charge on any atom is 0.268 e. The van der Waals surface area contributed by atoms with E-state index in [1.807, 2.05) is 23.8 Å². The summed E-state index contributed by atoms with van der Waals surface area (Å²) in [7, 11) is -3.65. The number of hydrogen-bond acceptors (Lipinski definition) is 6. The minimum Gasteiger partial charge on any atom is -0.379 e. The number of carbonyl (C=O) groups excluding carboxylic acids is 1. The Bertz CT molecular complexity index is 1150. The molecule has 1 amide bonds. The Morgan fingerprint density at radius 2 is 2.03 bits per heavy atom. The number of nitrogens with one attached hydrogen (secondary N) is 2. The summed E-state index contributed by atoms with van der Waals surface area (Å²) in [6.45, 7) is 3.48.